The zero-order valence-corrected chi connectivity index (χ0v) is 11.4. The highest BCUT2D eigenvalue weighted by Crippen LogP contribution is 2.32. The molecule has 0 saturated heterocycles. The Labute approximate surface area is 120 Å². The Morgan fingerprint density at radius 1 is 1.26 bits per heavy atom. The molecule has 0 aromatic heterocycles. The molecule has 0 radical (unpaired) electrons. The van der Waals surface area contributed by atoms with Crippen LogP contribution in [0.25, 0.3) is 0 Å². The molecule has 0 unspecified atom stereocenters. The fourth-order valence-corrected chi connectivity index (χ4v) is 2.83. The topological polar surface area (TPSA) is 49.8 Å². The Hall–Kier alpha value is -1.70. The number of rotatable bonds is 3. The molecule has 0 saturated carbocycles. The molecule has 0 bridgehead atoms. The van der Waals surface area contributed by atoms with E-state index in [0.717, 1.165) is 10.5 Å². The van der Waals surface area contributed by atoms with Gasteiger partial charge in [0.1, 0.15) is 5.82 Å². The van der Waals surface area contributed by atoms with Crippen LogP contribution in [-0.2, 0) is 5.75 Å². The lowest BCUT2D eigenvalue weighted by molar-refractivity contribution is 0.627. The number of nitrogen functional groups attached to an aromatic ring is 1. The Morgan fingerprint density at radius 2 is 2.05 bits per heavy atom. The van der Waals surface area contributed by atoms with Crippen molar-refractivity contribution >= 4 is 29.1 Å². The van der Waals surface area contributed by atoms with E-state index in [9.17, 15) is 4.39 Å². The van der Waals surface area contributed by atoms with E-state index in [2.05, 4.69) is 0 Å². The molecule has 0 spiro atoms. The van der Waals surface area contributed by atoms with Gasteiger partial charge in [-0.3, -0.25) is 0 Å². The van der Waals surface area contributed by atoms with E-state index < -0.39 is 5.82 Å². The standard InChI is InChI=1S/C14H10ClFN2S/c15-13-4-3-12(18)6-14(13)19-8-9-1-2-11(16)5-10(9)7-17/h1-6H,8,18H2. The third-order valence-corrected chi connectivity index (χ3v) is 4.08. The second-order valence-electron chi connectivity index (χ2n) is 3.89. The third-order valence-electron chi connectivity index (χ3n) is 2.53. The van der Waals surface area contributed by atoms with E-state index >= 15 is 0 Å². The summed E-state index contributed by atoms with van der Waals surface area (Å²) in [7, 11) is 0. The lowest BCUT2D eigenvalue weighted by Crippen LogP contribution is -1.90. The van der Waals surface area contributed by atoms with Crippen molar-refractivity contribution < 1.29 is 4.39 Å². The number of benzene rings is 2. The van der Waals surface area contributed by atoms with E-state index in [4.69, 9.17) is 22.6 Å². The molecule has 96 valence electrons. The molecule has 0 aliphatic heterocycles. The van der Waals surface area contributed by atoms with Crippen LogP contribution in [0.3, 0.4) is 0 Å². The molecule has 2 N–H and O–H groups in total. The van der Waals surface area contributed by atoms with Gasteiger partial charge in [-0.1, -0.05) is 17.7 Å². The van der Waals surface area contributed by atoms with E-state index in [1.54, 1.807) is 24.3 Å². The van der Waals surface area contributed by atoms with Gasteiger partial charge >= 0.3 is 0 Å². The van der Waals surface area contributed by atoms with E-state index in [1.165, 1.54) is 23.9 Å². The first-order valence-corrected chi connectivity index (χ1v) is 6.83. The summed E-state index contributed by atoms with van der Waals surface area (Å²) in [6, 6.07) is 11.4. The Morgan fingerprint density at radius 3 is 2.79 bits per heavy atom. The Kier molecular flexibility index (Phi) is 4.31. The Balaban J connectivity index is 2.19. The number of halogens is 2. The molecule has 2 rings (SSSR count). The fraction of sp³-hybridized carbons (Fsp3) is 0.0714. The maximum Gasteiger partial charge on any atom is 0.124 e. The third kappa shape index (κ3) is 3.40. The summed E-state index contributed by atoms with van der Waals surface area (Å²) in [6.45, 7) is 0. The number of hydrogen-bond donors (Lipinski definition) is 1. The maximum absolute atomic E-state index is 13.0. The van der Waals surface area contributed by atoms with Crippen LogP contribution in [0, 0.1) is 17.1 Å². The van der Waals surface area contributed by atoms with Crippen molar-refractivity contribution in [3.05, 3.63) is 58.4 Å². The van der Waals surface area contributed by atoms with Crippen molar-refractivity contribution in [2.75, 3.05) is 5.73 Å². The van der Waals surface area contributed by atoms with Gasteiger partial charge in [0.25, 0.3) is 0 Å². The van der Waals surface area contributed by atoms with Gasteiger partial charge in [-0.05, 0) is 35.9 Å². The molecule has 2 aromatic carbocycles. The van der Waals surface area contributed by atoms with Crippen LogP contribution in [0.15, 0.2) is 41.3 Å². The molecule has 0 atom stereocenters. The Bertz CT molecular complexity index is 652. The van der Waals surface area contributed by atoms with E-state index in [-0.39, 0.29) is 0 Å². The first kappa shape index (κ1) is 13.7. The molecule has 5 heteroatoms. The highest BCUT2D eigenvalue weighted by molar-refractivity contribution is 7.98. The summed E-state index contributed by atoms with van der Waals surface area (Å²) in [5, 5.41) is 9.58. The zero-order chi connectivity index (χ0) is 13.8. The molecule has 0 aliphatic rings. The number of nitriles is 1. The minimum atomic E-state index is -0.410. The molecule has 2 aromatic rings. The van der Waals surface area contributed by atoms with Gasteiger partial charge in [0, 0.05) is 16.3 Å². The molecular formula is C14H10ClFN2S. The second-order valence-corrected chi connectivity index (χ2v) is 5.32. The van der Waals surface area contributed by atoms with Crippen molar-refractivity contribution in [1.82, 2.24) is 0 Å². The predicted octanol–water partition coefficient (Wildman–Crippen LogP) is 4.23. The van der Waals surface area contributed by atoms with Crippen molar-refractivity contribution in [2.24, 2.45) is 0 Å². The summed E-state index contributed by atoms with van der Waals surface area (Å²) < 4.78 is 13.0. The monoisotopic (exact) mass is 292 g/mol. The van der Waals surface area contributed by atoms with Crippen LogP contribution in [0.2, 0.25) is 5.02 Å². The molecule has 0 fully saturated rings. The van der Waals surface area contributed by atoms with Gasteiger partial charge in [-0.25, -0.2) is 4.39 Å². The van der Waals surface area contributed by atoms with Crippen molar-refractivity contribution in [3.63, 3.8) is 0 Å². The van der Waals surface area contributed by atoms with Crippen molar-refractivity contribution in [2.45, 2.75) is 10.6 Å². The van der Waals surface area contributed by atoms with Crippen LogP contribution >= 0.6 is 23.4 Å². The molecular weight excluding hydrogens is 283 g/mol. The molecule has 0 amide bonds. The largest absolute Gasteiger partial charge is 0.399 e. The average molecular weight is 293 g/mol. The average Bonchev–Trinajstić information content (AvgIpc) is 2.40. The predicted molar refractivity (Wildman–Crippen MR) is 76.5 cm³/mol. The first-order chi connectivity index (χ1) is 9.10. The number of hydrogen-bond acceptors (Lipinski definition) is 3. The zero-order valence-electron chi connectivity index (χ0n) is 9.86. The van der Waals surface area contributed by atoms with Gasteiger partial charge in [0.05, 0.1) is 16.7 Å². The molecule has 19 heavy (non-hydrogen) atoms. The van der Waals surface area contributed by atoms with Crippen LogP contribution in [0.1, 0.15) is 11.1 Å². The molecule has 0 aliphatic carbocycles. The van der Waals surface area contributed by atoms with E-state index in [0.29, 0.717) is 22.0 Å². The van der Waals surface area contributed by atoms with Crippen LogP contribution < -0.4 is 5.73 Å². The van der Waals surface area contributed by atoms with Gasteiger partial charge in [-0.15, -0.1) is 11.8 Å². The summed E-state index contributed by atoms with van der Waals surface area (Å²) in [5.74, 6) is 0.124. The van der Waals surface area contributed by atoms with Gasteiger partial charge in [0.15, 0.2) is 0 Å². The molecule has 0 heterocycles. The summed E-state index contributed by atoms with van der Waals surface area (Å²) >= 11 is 7.52. The van der Waals surface area contributed by atoms with Gasteiger partial charge < -0.3 is 5.73 Å². The lowest BCUT2D eigenvalue weighted by Gasteiger charge is -2.07. The van der Waals surface area contributed by atoms with Crippen LogP contribution in [0.5, 0.6) is 0 Å². The maximum atomic E-state index is 13.0. The number of nitrogens with zero attached hydrogens (tertiary/aromatic N) is 1. The minimum Gasteiger partial charge on any atom is -0.399 e. The van der Waals surface area contributed by atoms with Crippen molar-refractivity contribution in [1.29, 1.82) is 5.26 Å². The van der Waals surface area contributed by atoms with Crippen LogP contribution in [0.4, 0.5) is 10.1 Å². The summed E-state index contributed by atoms with van der Waals surface area (Å²) in [5.41, 5.74) is 7.44. The van der Waals surface area contributed by atoms with Crippen LogP contribution in [-0.4, -0.2) is 0 Å². The lowest BCUT2D eigenvalue weighted by atomic mass is 10.1. The van der Waals surface area contributed by atoms with Gasteiger partial charge in [-0.2, -0.15) is 5.26 Å². The number of thioether (sulfide) groups is 1. The van der Waals surface area contributed by atoms with Gasteiger partial charge in [0.2, 0.25) is 0 Å². The number of anilines is 1. The smallest absolute Gasteiger partial charge is 0.124 e. The summed E-state index contributed by atoms with van der Waals surface area (Å²) in [4.78, 5) is 0.842. The highest BCUT2D eigenvalue weighted by Gasteiger charge is 2.07. The highest BCUT2D eigenvalue weighted by atomic mass is 35.5. The molecule has 2 nitrogen and oxygen atoms in total. The summed E-state index contributed by atoms with van der Waals surface area (Å²) in [6.07, 6.45) is 0. The quantitative estimate of drug-likeness (QED) is 0.680. The minimum absolute atomic E-state index is 0.340. The number of nitrogens with two attached hydrogens (primary N) is 1. The normalized spacial score (nSPS) is 10.2. The van der Waals surface area contributed by atoms with E-state index in [1.807, 2.05) is 6.07 Å². The second kappa shape index (κ2) is 5.96. The first-order valence-electron chi connectivity index (χ1n) is 5.46. The van der Waals surface area contributed by atoms with Crippen molar-refractivity contribution in [3.8, 4) is 6.07 Å². The SMILES string of the molecule is N#Cc1cc(F)ccc1CSc1cc(N)ccc1Cl. The fourth-order valence-electron chi connectivity index (χ4n) is 1.56.